The van der Waals surface area contributed by atoms with Crippen LogP contribution in [-0.4, -0.2) is 38.8 Å². The topological polar surface area (TPSA) is 50.4 Å². The highest BCUT2D eigenvalue weighted by molar-refractivity contribution is 5.83. The van der Waals surface area contributed by atoms with E-state index in [9.17, 15) is 4.79 Å². The van der Waals surface area contributed by atoms with Crippen molar-refractivity contribution in [3.05, 3.63) is 12.2 Å². The number of hydrogen-bond acceptors (Lipinski definition) is 3. The first-order chi connectivity index (χ1) is 8.27. The van der Waals surface area contributed by atoms with Gasteiger partial charge in [0.1, 0.15) is 0 Å². The van der Waals surface area contributed by atoms with Crippen LogP contribution in [0.2, 0.25) is 0 Å². The molecule has 2 aliphatic rings. The van der Waals surface area contributed by atoms with Crippen LogP contribution in [0.1, 0.15) is 25.7 Å². The predicted octanol–water partition coefficient (Wildman–Crippen LogP) is 0.837. The fraction of sp³-hybridized carbons (Fsp3) is 0.769. The number of piperidine rings is 1. The lowest BCUT2D eigenvalue weighted by atomic mass is 9.78. The van der Waals surface area contributed by atoms with Crippen LogP contribution in [0.4, 0.5) is 0 Å². The van der Waals surface area contributed by atoms with Crippen LogP contribution in [0, 0.1) is 5.41 Å². The SMILES string of the molecule is COCC1(C(=O)NC2CC=CC2)CCNCC1. The van der Waals surface area contributed by atoms with Gasteiger partial charge in [-0.15, -0.1) is 0 Å². The Morgan fingerprint density at radius 1 is 1.41 bits per heavy atom. The molecule has 1 saturated heterocycles. The molecule has 0 radical (unpaired) electrons. The molecule has 0 aromatic carbocycles. The molecule has 4 nitrogen and oxygen atoms in total. The molecule has 2 N–H and O–H groups in total. The second kappa shape index (κ2) is 5.65. The Morgan fingerprint density at radius 3 is 2.65 bits per heavy atom. The lowest BCUT2D eigenvalue weighted by molar-refractivity contribution is -0.136. The van der Waals surface area contributed by atoms with E-state index in [1.807, 2.05) is 0 Å². The third-order valence-corrected chi connectivity index (χ3v) is 3.81. The number of carbonyl (C=O) groups is 1. The first-order valence-corrected chi connectivity index (χ1v) is 6.42. The lowest BCUT2D eigenvalue weighted by Gasteiger charge is -2.36. The minimum absolute atomic E-state index is 0.176. The largest absolute Gasteiger partial charge is 0.384 e. The van der Waals surface area contributed by atoms with Crippen molar-refractivity contribution >= 4 is 5.91 Å². The molecule has 0 unspecified atom stereocenters. The minimum Gasteiger partial charge on any atom is -0.384 e. The third-order valence-electron chi connectivity index (χ3n) is 3.81. The zero-order valence-electron chi connectivity index (χ0n) is 10.5. The number of methoxy groups -OCH3 is 1. The maximum atomic E-state index is 12.4. The molecule has 1 heterocycles. The molecular weight excluding hydrogens is 216 g/mol. The van der Waals surface area contributed by atoms with Crippen molar-refractivity contribution in [2.75, 3.05) is 26.8 Å². The zero-order valence-corrected chi connectivity index (χ0v) is 10.5. The summed E-state index contributed by atoms with van der Waals surface area (Å²) in [5.41, 5.74) is -0.317. The molecule has 1 amide bonds. The maximum absolute atomic E-state index is 12.4. The summed E-state index contributed by atoms with van der Waals surface area (Å²) in [6.45, 7) is 2.33. The molecule has 1 fully saturated rings. The number of rotatable bonds is 4. The van der Waals surface area contributed by atoms with E-state index in [0.717, 1.165) is 38.8 Å². The molecule has 0 bridgehead atoms. The van der Waals surface area contributed by atoms with Crippen LogP contribution >= 0.6 is 0 Å². The quantitative estimate of drug-likeness (QED) is 0.714. The number of ether oxygens (including phenoxy) is 1. The van der Waals surface area contributed by atoms with E-state index >= 15 is 0 Å². The minimum atomic E-state index is -0.317. The van der Waals surface area contributed by atoms with Crippen molar-refractivity contribution in [3.63, 3.8) is 0 Å². The molecule has 1 aliphatic heterocycles. The summed E-state index contributed by atoms with van der Waals surface area (Å²) in [5, 5.41) is 6.46. The first-order valence-electron chi connectivity index (χ1n) is 6.42. The standard InChI is InChI=1S/C13H22N2O2/c1-17-10-13(6-8-14-9-7-13)12(16)15-11-4-2-3-5-11/h2-3,11,14H,4-10H2,1H3,(H,15,16). The van der Waals surface area contributed by atoms with Crippen molar-refractivity contribution in [2.45, 2.75) is 31.7 Å². The maximum Gasteiger partial charge on any atom is 0.228 e. The number of carbonyl (C=O) groups excluding carboxylic acids is 1. The molecule has 0 spiro atoms. The van der Waals surface area contributed by atoms with Crippen LogP contribution in [0.15, 0.2) is 12.2 Å². The van der Waals surface area contributed by atoms with Crippen LogP contribution < -0.4 is 10.6 Å². The van der Waals surface area contributed by atoms with Crippen LogP contribution in [0.5, 0.6) is 0 Å². The van der Waals surface area contributed by atoms with Crippen LogP contribution in [0.3, 0.4) is 0 Å². The van der Waals surface area contributed by atoms with Crippen molar-refractivity contribution in [2.24, 2.45) is 5.41 Å². The molecule has 0 aromatic heterocycles. The summed E-state index contributed by atoms with van der Waals surface area (Å²) in [6, 6.07) is 0.297. The molecule has 17 heavy (non-hydrogen) atoms. The molecule has 0 saturated carbocycles. The van der Waals surface area contributed by atoms with E-state index in [1.54, 1.807) is 7.11 Å². The van der Waals surface area contributed by atoms with Gasteiger partial charge in [0.15, 0.2) is 0 Å². The summed E-state index contributed by atoms with van der Waals surface area (Å²) in [5.74, 6) is 0.176. The smallest absolute Gasteiger partial charge is 0.228 e. The van der Waals surface area contributed by atoms with Crippen molar-refractivity contribution in [1.29, 1.82) is 0 Å². The lowest BCUT2D eigenvalue weighted by Crippen LogP contribution is -2.52. The van der Waals surface area contributed by atoms with Crippen molar-refractivity contribution in [1.82, 2.24) is 10.6 Å². The van der Waals surface area contributed by atoms with Gasteiger partial charge in [-0.25, -0.2) is 0 Å². The fourth-order valence-corrected chi connectivity index (χ4v) is 2.69. The van der Waals surface area contributed by atoms with Crippen molar-refractivity contribution in [3.8, 4) is 0 Å². The van der Waals surface area contributed by atoms with E-state index in [0.29, 0.717) is 12.6 Å². The number of hydrogen-bond donors (Lipinski definition) is 2. The van der Waals surface area contributed by atoms with Gasteiger partial charge in [-0.1, -0.05) is 12.2 Å². The van der Waals surface area contributed by atoms with E-state index in [4.69, 9.17) is 4.74 Å². The van der Waals surface area contributed by atoms with Gasteiger partial charge in [0, 0.05) is 13.2 Å². The van der Waals surface area contributed by atoms with Crippen LogP contribution in [0.25, 0.3) is 0 Å². The Kier molecular flexibility index (Phi) is 4.18. The summed E-state index contributed by atoms with van der Waals surface area (Å²) >= 11 is 0. The number of amides is 1. The number of nitrogens with one attached hydrogen (secondary N) is 2. The molecule has 0 aromatic rings. The summed E-state index contributed by atoms with van der Waals surface area (Å²) < 4.78 is 5.27. The predicted molar refractivity (Wildman–Crippen MR) is 66.7 cm³/mol. The summed E-state index contributed by atoms with van der Waals surface area (Å²) in [7, 11) is 1.67. The van der Waals surface area contributed by atoms with Gasteiger partial charge < -0.3 is 15.4 Å². The second-order valence-corrected chi connectivity index (χ2v) is 5.08. The highest BCUT2D eigenvalue weighted by Crippen LogP contribution is 2.30. The molecule has 4 heteroatoms. The molecular formula is C13H22N2O2. The highest BCUT2D eigenvalue weighted by Gasteiger charge is 2.40. The zero-order chi connectivity index (χ0) is 12.1. The average molecular weight is 238 g/mol. The van der Waals surface area contributed by atoms with Crippen LogP contribution in [-0.2, 0) is 9.53 Å². The van der Waals surface area contributed by atoms with Gasteiger partial charge in [0.25, 0.3) is 0 Å². The Hall–Kier alpha value is -0.870. The van der Waals surface area contributed by atoms with Crippen molar-refractivity contribution < 1.29 is 9.53 Å². The molecule has 96 valence electrons. The van der Waals surface area contributed by atoms with Gasteiger partial charge in [0.05, 0.1) is 12.0 Å². The van der Waals surface area contributed by atoms with Gasteiger partial charge in [-0.3, -0.25) is 4.79 Å². The highest BCUT2D eigenvalue weighted by atomic mass is 16.5. The van der Waals surface area contributed by atoms with Gasteiger partial charge >= 0.3 is 0 Å². The van der Waals surface area contributed by atoms with Gasteiger partial charge in [0.2, 0.25) is 5.91 Å². The Bertz CT molecular complexity index is 282. The molecule has 1 aliphatic carbocycles. The first kappa shape index (κ1) is 12.6. The summed E-state index contributed by atoms with van der Waals surface area (Å²) in [6.07, 6.45) is 7.94. The van der Waals surface area contributed by atoms with Gasteiger partial charge in [-0.2, -0.15) is 0 Å². The van der Waals surface area contributed by atoms with E-state index in [1.165, 1.54) is 0 Å². The van der Waals surface area contributed by atoms with E-state index in [-0.39, 0.29) is 11.3 Å². The van der Waals surface area contributed by atoms with Gasteiger partial charge in [-0.05, 0) is 38.8 Å². The summed E-state index contributed by atoms with van der Waals surface area (Å²) in [4.78, 5) is 12.4. The fourth-order valence-electron chi connectivity index (χ4n) is 2.69. The Labute approximate surface area is 103 Å². The monoisotopic (exact) mass is 238 g/mol. The van der Waals surface area contributed by atoms with E-state index < -0.39 is 0 Å². The molecule has 0 atom stereocenters. The Balaban J connectivity index is 1.96. The molecule has 2 rings (SSSR count). The second-order valence-electron chi connectivity index (χ2n) is 5.08. The van der Waals surface area contributed by atoms with E-state index in [2.05, 4.69) is 22.8 Å². The average Bonchev–Trinajstić information content (AvgIpc) is 2.83. The Morgan fingerprint density at radius 2 is 2.06 bits per heavy atom. The third kappa shape index (κ3) is 2.87. The normalized spacial score (nSPS) is 23.8.